The van der Waals surface area contributed by atoms with Crippen LogP contribution in [0.25, 0.3) is 21.8 Å². The number of fused-ring (bicyclic) bond motifs is 3. The van der Waals surface area contributed by atoms with Gasteiger partial charge in [0.2, 0.25) is 0 Å². The lowest BCUT2D eigenvalue weighted by Crippen LogP contribution is -2.07. The van der Waals surface area contributed by atoms with Gasteiger partial charge >= 0.3 is 0 Å². The monoisotopic (exact) mass is 227 g/mol. The van der Waals surface area contributed by atoms with Crippen LogP contribution >= 0.6 is 0 Å². The Hall–Kier alpha value is -2.10. The lowest BCUT2D eigenvalue weighted by molar-refractivity contribution is 0.608. The van der Waals surface area contributed by atoms with Gasteiger partial charge < -0.3 is 4.98 Å². The highest BCUT2D eigenvalue weighted by atomic mass is 16.1. The van der Waals surface area contributed by atoms with Gasteiger partial charge in [-0.05, 0) is 12.5 Å². The van der Waals surface area contributed by atoms with Crippen LogP contribution < -0.4 is 5.56 Å². The summed E-state index contributed by atoms with van der Waals surface area (Å²) in [7, 11) is 0. The standard InChI is InChI=1S/C13H13N3O/c1-2-7-16-8-10-9-5-3-4-6-11(9)14-13(17)12(10)15-16/h3-6,8H,2,7H2,1H3,(H,14,17). The molecule has 0 aliphatic heterocycles. The zero-order valence-electron chi connectivity index (χ0n) is 9.60. The summed E-state index contributed by atoms with van der Waals surface area (Å²) in [4.78, 5) is 14.7. The SMILES string of the molecule is CCCn1cc2c(n1)c(=O)[nH]c1ccccc12. The van der Waals surface area contributed by atoms with Crippen LogP contribution in [-0.2, 0) is 6.54 Å². The van der Waals surface area contributed by atoms with Crippen molar-refractivity contribution in [3.8, 4) is 0 Å². The summed E-state index contributed by atoms with van der Waals surface area (Å²) >= 11 is 0. The Labute approximate surface area is 97.9 Å². The molecular weight excluding hydrogens is 214 g/mol. The van der Waals surface area contributed by atoms with E-state index in [0.29, 0.717) is 5.52 Å². The molecule has 17 heavy (non-hydrogen) atoms. The fourth-order valence-electron chi connectivity index (χ4n) is 2.14. The molecule has 0 unspecified atom stereocenters. The molecule has 1 N–H and O–H groups in total. The molecule has 1 aromatic carbocycles. The summed E-state index contributed by atoms with van der Waals surface area (Å²) < 4.78 is 1.84. The summed E-state index contributed by atoms with van der Waals surface area (Å²) in [5, 5.41) is 6.30. The van der Waals surface area contributed by atoms with Crippen molar-refractivity contribution in [3.63, 3.8) is 0 Å². The van der Waals surface area contributed by atoms with E-state index < -0.39 is 0 Å². The molecule has 0 aliphatic carbocycles. The molecule has 2 aromatic heterocycles. The van der Waals surface area contributed by atoms with E-state index in [2.05, 4.69) is 17.0 Å². The lowest BCUT2D eigenvalue weighted by Gasteiger charge is -1.96. The lowest BCUT2D eigenvalue weighted by atomic mass is 10.1. The van der Waals surface area contributed by atoms with Gasteiger partial charge in [0.1, 0.15) is 0 Å². The Balaban J connectivity index is 2.43. The third-order valence-electron chi connectivity index (χ3n) is 2.89. The summed E-state index contributed by atoms with van der Waals surface area (Å²) in [5.74, 6) is 0. The van der Waals surface area contributed by atoms with E-state index in [9.17, 15) is 4.79 Å². The Morgan fingerprint density at radius 2 is 2.12 bits per heavy atom. The van der Waals surface area contributed by atoms with Crippen molar-refractivity contribution in [1.82, 2.24) is 14.8 Å². The molecule has 0 aliphatic rings. The van der Waals surface area contributed by atoms with Crippen LogP contribution in [0.1, 0.15) is 13.3 Å². The molecule has 4 heteroatoms. The summed E-state index contributed by atoms with van der Waals surface area (Å²) in [5.41, 5.74) is 1.27. The maximum Gasteiger partial charge on any atom is 0.276 e. The number of nitrogens with zero attached hydrogens (tertiary/aromatic N) is 2. The van der Waals surface area contributed by atoms with Crippen LogP contribution in [0.2, 0.25) is 0 Å². The largest absolute Gasteiger partial charge is 0.320 e. The molecule has 0 radical (unpaired) electrons. The van der Waals surface area contributed by atoms with E-state index in [-0.39, 0.29) is 5.56 Å². The van der Waals surface area contributed by atoms with Crippen LogP contribution in [0.15, 0.2) is 35.3 Å². The smallest absolute Gasteiger partial charge is 0.276 e. The van der Waals surface area contributed by atoms with E-state index in [1.54, 1.807) is 0 Å². The normalized spacial score (nSPS) is 11.4. The van der Waals surface area contributed by atoms with Crippen molar-refractivity contribution in [2.45, 2.75) is 19.9 Å². The number of aromatic nitrogens is 3. The quantitative estimate of drug-likeness (QED) is 0.730. The highest BCUT2D eigenvalue weighted by Crippen LogP contribution is 2.19. The molecular formula is C13H13N3O. The summed E-state index contributed by atoms with van der Waals surface area (Å²) in [6, 6.07) is 7.80. The van der Waals surface area contributed by atoms with E-state index in [4.69, 9.17) is 0 Å². The first kappa shape index (κ1) is 10.1. The van der Waals surface area contributed by atoms with Gasteiger partial charge in [-0.25, -0.2) is 0 Å². The molecule has 0 atom stereocenters. The van der Waals surface area contributed by atoms with Gasteiger partial charge in [0.15, 0.2) is 5.52 Å². The molecule has 0 saturated heterocycles. The number of hydrogen-bond donors (Lipinski definition) is 1. The van der Waals surface area contributed by atoms with E-state index in [1.165, 1.54) is 0 Å². The zero-order valence-corrected chi connectivity index (χ0v) is 9.60. The van der Waals surface area contributed by atoms with Crippen molar-refractivity contribution in [2.24, 2.45) is 0 Å². The number of benzene rings is 1. The van der Waals surface area contributed by atoms with Gasteiger partial charge in [-0.1, -0.05) is 25.1 Å². The highest BCUT2D eigenvalue weighted by molar-refractivity contribution is 6.03. The van der Waals surface area contributed by atoms with Crippen LogP contribution in [0.5, 0.6) is 0 Å². The first-order chi connectivity index (χ1) is 8.29. The van der Waals surface area contributed by atoms with E-state index in [0.717, 1.165) is 29.3 Å². The predicted octanol–water partition coefficient (Wildman–Crippen LogP) is 2.29. The average molecular weight is 227 g/mol. The molecule has 0 amide bonds. The van der Waals surface area contributed by atoms with Crippen molar-refractivity contribution < 1.29 is 0 Å². The minimum absolute atomic E-state index is 0.117. The van der Waals surface area contributed by atoms with Gasteiger partial charge in [-0.3, -0.25) is 9.48 Å². The van der Waals surface area contributed by atoms with Crippen molar-refractivity contribution in [2.75, 3.05) is 0 Å². The first-order valence-electron chi connectivity index (χ1n) is 5.78. The van der Waals surface area contributed by atoms with Crippen molar-refractivity contribution in [1.29, 1.82) is 0 Å². The summed E-state index contributed by atoms with van der Waals surface area (Å²) in [6.07, 6.45) is 2.96. The van der Waals surface area contributed by atoms with Gasteiger partial charge in [0.05, 0.1) is 0 Å². The first-order valence-corrected chi connectivity index (χ1v) is 5.78. The Bertz CT molecular complexity index is 739. The molecule has 0 fully saturated rings. The van der Waals surface area contributed by atoms with Crippen LogP contribution in [0.3, 0.4) is 0 Å². The Kier molecular flexibility index (Phi) is 2.21. The van der Waals surface area contributed by atoms with Crippen LogP contribution in [0.4, 0.5) is 0 Å². The molecule has 4 nitrogen and oxygen atoms in total. The second kappa shape index (κ2) is 3.73. The Morgan fingerprint density at radius 1 is 1.29 bits per heavy atom. The van der Waals surface area contributed by atoms with Crippen LogP contribution in [0, 0.1) is 0 Å². The van der Waals surface area contributed by atoms with Gasteiger partial charge in [-0.2, -0.15) is 5.10 Å². The number of pyridine rings is 1. The predicted molar refractivity (Wildman–Crippen MR) is 68.2 cm³/mol. The number of H-pyrrole nitrogens is 1. The average Bonchev–Trinajstić information content (AvgIpc) is 2.74. The fourth-order valence-corrected chi connectivity index (χ4v) is 2.14. The number of para-hydroxylation sites is 1. The second-order valence-corrected chi connectivity index (χ2v) is 4.15. The maximum absolute atomic E-state index is 11.9. The summed E-state index contributed by atoms with van der Waals surface area (Å²) in [6.45, 7) is 2.93. The molecule has 0 saturated carbocycles. The molecule has 3 rings (SSSR count). The number of rotatable bonds is 2. The molecule has 0 spiro atoms. The maximum atomic E-state index is 11.9. The fraction of sp³-hybridized carbons (Fsp3) is 0.231. The van der Waals surface area contributed by atoms with Gasteiger partial charge in [0, 0.05) is 29.0 Å². The van der Waals surface area contributed by atoms with Crippen LogP contribution in [-0.4, -0.2) is 14.8 Å². The second-order valence-electron chi connectivity index (χ2n) is 4.15. The van der Waals surface area contributed by atoms with E-state index in [1.807, 2.05) is 35.1 Å². The molecule has 0 bridgehead atoms. The van der Waals surface area contributed by atoms with Gasteiger partial charge in [0.25, 0.3) is 5.56 Å². The highest BCUT2D eigenvalue weighted by Gasteiger charge is 2.08. The van der Waals surface area contributed by atoms with Crippen molar-refractivity contribution >= 4 is 21.8 Å². The molecule has 86 valence electrons. The number of aromatic amines is 1. The van der Waals surface area contributed by atoms with Crippen molar-refractivity contribution in [3.05, 3.63) is 40.8 Å². The zero-order chi connectivity index (χ0) is 11.8. The number of hydrogen-bond acceptors (Lipinski definition) is 2. The number of aryl methyl sites for hydroxylation is 1. The van der Waals surface area contributed by atoms with E-state index >= 15 is 0 Å². The molecule has 3 aromatic rings. The molecule has 2 heterocycles. The topological polar surface area (TPSA) is 50.7 Å². The third-order valence-corrected chi connectivity index (χ3v) is 2.89. The Morgan fingerprint density at radius 3 is 2.94 bits per heavy atom. The minimum atomic E-state index is -0.117. The van der Waals surface area contributed by atoms with Gasteiger partial charge in [-0.15, -0.1) is 0 Å². The third kappa shape index (κ3) is 1.53. The number of nitrogens with one attached hydrogen (secondary N) is 1. The minimum Gasteiger partial charge on any atom is -0.320 e.